The highest BCUT2D eigenvalue weighted by Gasteiger charge is 2.41. The van der Waals surface area contributed by atoms with Crippen LogP contribution in [0.3, 0.4) is 0 Å². The third kappa shape index (κ3) is 4.01. The molecule has 0 unspecified atom stereocenters. The minimum absolute atomic E-state index is 0.0150. The molecule has 0 atom stereocenters. The summed E-state index contributed by atoms with van der Waals surface area (Å²) in [4.78, 5) is 38.2. The first-order valence-corrected chi connectivity index (χ1v) is 9.91. The standard InChI is InChI=1S/C18H26N6O4/c25-15-10-28-18(11-19-15)5-7-24(8-6-18)17(27)12-1-3-13(4-2-12)21-16(26)14-9-20-23-22-14/h9,12-13H,1-8,10-11H2,(H,19,25)(H,21,26)(H,20,22,23). The van der Waals surface area contributed by atoms with E-state index in [2.05, 4.69) is 26.0 Å². The number of H-pyrrole nitrogens is 1. The molecular weight excluding hydrogens is 364 g/mol. The zero-order valence-electron chi connectivity index (χ0n) is 15.8. The number of hydrogen-bond acceptors (Lipinski definition) is 6. The van der Waals surface area contributed by atoms with Crippen molar-refractivity contribution in [3.8, 4) is 0 Å². The van der Waals surface area contributed by atoms with Crippen LogP contribution < -0.4 is 10.6 Å². The third-order valence-corrected chi connectivity index (χ3v) is 6.16. The van der Waals surface area contributed by atoms with Crippen molar-refractivity contribution in [3.05, 3.63) is 11.9 Å². The Labute approximate surface area is 162 Å². The summed E-state index contributed by atoms with van der Waals surface area (Å²) in [5.41, 5.74) is -0.0325. The van der Waals surface area contributed by atoms with Gasteiger partial charge >= 0.3 is 0 Å². The van der Waals surface area contributed by atoms with Crippen LogP contribution in [0.5, 0.6) is 0 Å². The fraction of sp³-hybridized carbons (Fsp3) is 0.722. The average Bonchev–Trinajstić information content (AvgIpc) is 3.26. The van der Waals surface area contributed by atoms with Crippen LogP contribution in [0, 0.1) is 5.92 Å². The molecule has 0 aromatic carbocycles. The van der Waals surface area contributed by atoms with E-state index < -0.39 is 0 Å². The van der Waals surface area contributed by atoms with Crippen molar-refractivity contribution >= 4 is 17.7 Å². The van der Waals surface area contributed by atoms with E-state index in [1.165, 1.54) is 6.20 Å². The molecule has 1 aliphatic carbocycles. The summed E-state index contributed by atoms with van der Waals surface area (Å²) in [5, 5.41) is 15.7. The molecule has 10 heteroatoms. The van der Waals surface area contributed by atoms with E-state index in [0.29, 0.717) is 19.6 Å². The second-order valence-electron chi connectivity index (χ2n) is 7.95. The summed E-state index contributed by atoms with van der Waals surface area (Å²) in [7, 11) is 0. The van der Waals surface area contributed by atoms with E-state index in [0.717, 1.165) is 38.5 Å². The Morgan fingerprint density at radius 3 is 2.57 bits per heavy atom. The van der Waals surface area contributed by atoms with Crippen LogP contribution in [-0.4, -0.2) is 75.9 Å². The van der Waals surface area contributed by atoms with E-state index in [4.69, 9.17) is 4.74 Å². The lowest BCUT2D eigenvalue weighted by Crippen LogP contribution is -2.58. The number of morpholine rings is 1. The summed E-state index contributed by atoms with van der Waals surface area (Å²) in [5.74, 6) is -0.0850. The van der Waals surface area contributed by atoms with Crippen molar-refractivity contribution in [2.24, 2.45) is 5.92 Å². The molecule has 1 spiro atoms. The highest BCUT2D eigenvalue weighted by molar-refractivity contribution is 5.92. The van der Waals surface area contributed by atoms with Crippen molar-refractivity contribution in [2.75, 3.05) is 26.2 Å². The number of carbonyl (C=O) groups is 3. The Kier molecular flexibility index (Phi) is 5.29. The summed E-state index contributed by atoms with van der Waals surface area (Å²) in [6.07, 6.45) is 6.02. The monoisotopic (exact) mass is 390 g/mol. The Bertz CT molecular complexity index is 708. The first-order valence-electron chi connectivity index (χ1n) is 9.91. The highest BCUT2D eigenvalue weighted by Crippen LogP contribution is 2.31. The fourth-order valence-corrected chi connectivity index (χ4v) is 4.35. The maximum Gasteiger partial charge on any atom is 0.273 e. The van der Waals surface area contributed by atoms with Crippen LogP contribution in [0.15, 0.2) is 6.20 Å². The first kappa shape index (κ1) is 18.9. The van der Waals surface area contributed by atoms with Gasteiger partial charge in [0.25, 0.3) is 5.91 Å². The predicted octanol–water partition coefficient (Wildman–Crippen LogP) is -0.399. The number of amides is 3. The van der Waals surface area contributed by atoms with Crippen molar-refractivity contribution in [2.45, 2.75) is 50.2 Å². The van der Waals surface area contributed by atoms with E-state index in [1.54, 1.807) is 0 Å². The molecule has 3 heterocycles. The molecule has 152 valence electrons. The lowest BCUT2D eigenvalue weighted by Gasteiger charge is -2.44. The highest BCUT2D eigenvalue weighted by atomic mass is 16.5. The number of rotatable bonds is 3. The second-order valence-corrected chi connectivity index (χ2v) is 7.95. The predicted molar refractivity (Wildman–Crippen MR) is 97.1 cm³/mol. The molecule has 28 heavy (non-hydrogen) atoms. The van der Waals surface area contributed by atoms with Crippen LogP contribution >= 0.6 is 0 Å². The number of nitrogens with zero attached hydrogens (tertiary/aromatic N) is 3. The van der Waals surface area contributed by atoms with Gasteiger partial charge < -0.3 is 20.3 Å². The fourth-order valence-electron chi connectivity index (χ4n) is 4.35. The normalized spacial score (nSPS) is 27.3. The lowest BCUT2D eigenvalue weighted by molar-refractivity contribution is -0.156. The molecule has 1 aromatic rings. The number of nitrogens with one attached hydrogen (secondary N) is 3. The number of aromatic amines is 1. The number of likely N-dealkylation sites (tertiary alicyclic amines) is 1. The van der Waals surface area contributed by atoms with Crippen molar-refractivity contribution in [3.63, 3.8) is 0 Å². The van der Waals surface area contributed by atoms with Gasteiger partial charge in [-0.25, -0.2) is 0 Å². The van der Waals surface area contributed by atoms with Gasteiger partial charge in [-0.3, -0.25) is 14.4 Å². The Balaban J connectivity index is 1.22. The van der Waals surface area contributed by atoms with E-state index in [1.807, 2.05) is 4.90 Å². The van der Waals surface area contributed by atoms with Crippen LogP contribution in [0.4, 0.5) is 0 Å². The summed E-state index contributed by atoms with van der Waals surface area (Å²) >= 11 is 0. The van der Waals surface area contributed by atoms with Crippen LogP contribution in [0.25, 0.3) is 0 Å². The summed E-state index contributed by atoms with van der Waals surface area (Å²) < 4.78 is 5.77. The Hall–Kier alpha value is -2.49. The molecule has 0 radical (unpaired) electrons. The van der Waals surface area contributed by atoms with Gasteiger partial charge in [0.05, 0.1) is 11.8 Å². The molecule has 0 bridgehead atoms. The molecular formula is C18H26N6O4. The molecule has 3 aliphatic rings. The van der Waals surface area contributed by atoms with Gasteiger partial charge in [-0.2, -0.15) is 15.4 Å². The van der Waals surface area contributed by atoms with Gasteiger partial charge in [0.1, 0.15) is 6.61 Å². The Morgan fingerprint density at radius 1 is 1.21 bits per heavy atom. The van der Waals surface area contributed by atoms with E-state index in [-0.39, 0.29) is 47.6 Å². The molecule has 3 fully saturated rings. The Morgan fingerprint density at radius 2 is 1.96 bits per heavy atom. The quantitative estimate of drug-likeness (QED) is 0.644. The lowest BCUT2D eigenvalue weighted by atomic mass is 9.83. The SMILES string of the molecule is O=C1COC2(CCN(C(=O)C3CCC(NC(=O)c4cn[nH]n4)CC3)CC2)CN1. The number of piperidine rings is 1. The first-order chi connectivity index (χ1) is 13.5. The number of hydrogen-bond donors (Lipinski definition) is 3. The molecule has 10 nitrogen and oxygen atoms in total. The van der Waals surface area contributed by atoms with Crippen LogP contribution in [0.1, 0.15) is 49.0 Å². The average molecular weight is 390 g/mol. The van der Waals surface area contributed by atoms with E-state index in [9.17, 15) is 14.4 Å². The molecule has 1 saturated carbocycles. The number of ether oxygens (including phenoxy) is 1. The zero-order chi connectivity index (χ0) is 19.6. The molecule has 3 amide bonds. The molecule has 1 aromatic heterocycles. The van der Waals surface area contributed by atoms with Crippen LogP contribution in [0.2, 0.25) is 0 Å². The minimum Gasteiger partial charge on any atom is -0.363 e. The molecule has 4 rings (SSSR count). The maximum absolute atomic E-state index is 12.9. The van der Waals surface area contributed by atoms with Gasteiger partial charge in [0.2, 0.25) is 11.8 Å². The topological polar surface area (TPSA) is 129 Å². The van der Waals surface area contributed by atoms with Gasteiger partial charge in [-0.15, -0.1) is 0 Å². The van der Waals surface area contributed by atoms with E-state index >= 15 is 0 Å². The zero-order valence-corrected chi connectivity index (χ0v) is 15.8. The second kappa shape index (κ2) is 7.86. The van der Waals surface area contributed by atoms with Gasteiger partial charge in [-0.1, -0.05) is 0 Å². The number of carbonyl (C=O) groups excluding carboxylic acids is 3. The largest absolute Gasteiger partial charge is 0.363 e. The summed E-state index contributed by atoms with van der Waals surface area (Å²) in [6.45, 7) is 1.97. The summed E-state index contributed by atoms with van der Waals surface area (Å²) in [6, 6.07) is 0.0668. The smallest absolute Gasteiger partial charge is 0.273 e. The molecule has 2 saturated heterocycles. The number of aromatic nitrogens is 3. The van der Waals surface area contributed by atoms with Gasteiger partial charge in [0.15, 0.2) is 5.69 Å². The van der Waals surface area contributed by atoms with Gasteiger partial charge in [-0.05, 0) is 38.5 Å². The van der Waals surface area contributed by atoms with Crippen LogP contribution in [-0.2, 0) is 14.3 Å². The minimum atomic E-state index is -0.312. The van der Waals surface area contributed by atoms with Crippen molar-refractivity contribution in [1.82, 2.24) is 30.9 Å². The van der Waals surface area contributed by atoms with Crippen molar-refractivity contribution < 1.29 is 19.1 Å². The third-order valence-electron chi connectivity index (χ3n) is 6.16. The molecule has 3 N–H and O–H groups in total. The maximum atomic E-state index is 12.9. The van der Waals surface area contributed by atoms with Gasteiger partial charge in [0, 0.05) is 31.6 Å². The molecule has 2 aliphatic heterocycles. The van der Waals surface area contributed by atoms with Crippen molar-refractivity contribution in [1.29, 1.82) is 0 Å².